The molecule has 1 aromatic carbocycles. The predicted molar refractivity (Wildman–Crippen MR) is 62.1 cm³/mol. The fourth-order valence-corrected chi connectivity index (χ4v) is 2.31. The number of carbonyl (C=O) groups excluding carboxylic acids is 1. The van der Waals surface area contributed by atoms with Gasteiger partial charge in [-0.3, -0.25) is 4.79 Å². The van der Waals surface area contributed by atoms with Crippen LogP contribution in [0, 0.1) is 17.2 Å². The lowest BCUT2D eigenvalue weighted by molar-refractivity contribution is 0.0889. The van der Waals surface area contributed by atoms with Gasteiger partial charge >= 0.3 is 0 Å². The number of carbonyl (C=O) groups is 1. The molecule has 16 heavy (non-hydrogen) atoms. The Morgan fingerprint density at radius 1 is 1.12 bits per heavy atom. The van der Waals surface area contributed by atoms with E-state index in [9.17, 15) is 4.79 Å². The van der Waals surface area contributed by atoms with Crippen molar-refractivity contribution in [2.45, 2.75) is 32.1 Å². The minimum absolute atomic E-state index is 0.210. The third-order valence-corrected chi connectivity index (χ3v) is 3.27. The number of benzene rings is 1. The first-order chi connectivity index (χ1) is 7.81. The van der Waals surface area contributed by atoms with Gasteiger partial charge in [0.2, 0.25) is 0 Å². The Balaban J connectivity index is 2.11. The SMILES string of the molecule is N#Cc1ccc(C(=O)C2CCCCC2)cc1. The van der Waals surface area contributed by atoms with E-state index >= 15 is 0 Å². The smallest absolute Gasteiger partial charge is 0.165 e. The highest BCUT2D eigenvalue weighted by atomic mass is 16.1. The highest BCUT2D eigenvalue weighted by Crippen LogP contribution is 2.26. The molecule has 0 atom stereocenters. The van der Waals surface area contributed by atoms with Crippen LogP contribution in [0.15, 0.2) is 24.3 Å². The van der Waals surface area contributed by atoms with Gasteiger partial charge in [0.25, 0.3) is 0 Å². The maximum Gasteiger partial charge on any atom is 0.165 e. The van der Waals surface area contributed by atoms with E-state index in [0.717, 1.165) is 18.4 Å². The second-order valence-corrected chi connectivity index (χ2v) is 4.39. The van der Waals surface area contributed by atoms with Crippen molar-refractivity contribution < 1.29 is 4.79 Å². The lowest BCUT2D eigenvalue weighted by Crippen LogP contribution is -2.17. The van der Waals surface area contributed by atoms with Crippen molar-refractivity contribution in [3.05, 3.63) is 35.4 Å². The summed E-state index contributed by atoms with van der Waals surface area (Å²) in [4.78, 5) is 12.1. The van der Waals surface area contributed by atoms with Gasteiger partial charge in [0.1, 0.15) is 0 Å². The van der Waals surface area contributed by atoms with Gasteiger partial charge in [0.05, 0.1) is 11.6 Å². The van der Waals surface area contributed by atoms with E-state index in [1.54, 1.807) is 24.3 Å². The van der Waals surface area contributed by atoms with Gasteiger partial charge < -0.3 is 0 Å². The maximum atomic E-state index is 12.1. The van der Waals surface area contributed by atoms with E-state index in [1.807, 2.05) is 0 Å². The monoisotopic (exact) mass is 213 g/mol. The van der Waals surface area contributed by atoms with Crippen LogP contribution in [-0.4, -0.2) is 5.78 Å². The number of ketones is 1. The zero-order chi connectivity index (χ0) is 11.4. The van der Waals surface area contributed by atoms with Gasteiger partial charge in [-0.05, 0) is 25.0 Å². The molecule has 1 aromatic rings. The summed E-state index contributed by atoms with van der Waals surface area (Å²) in [6.07, 6.45) is 5.66. The van der Waals surface area contributed by atoms with Crippen LogP contribution < -0.4 is 0 Å². The summed E-state index contributed by atoms with van der Waals surface area (Å²) in [7, 11) is 0. The molecule has 2 heteroatoms. The first-order valence-electron chi connectivity index (χ1n) is 5.85. The minimum Gasteiger partial charge on any atom is -0.294 e. The summed E-state index contributed by atoms with van der Waals surface area (Å²) >= 11 is 0. The minimum atomic E-state index is 0.210. The van der Waals surface area contributed by atoms with E-state index < -0.39 is 0 Å². The Bertz CT molecular complexity index is 407. The second-order valence-electron chi connectivity index (χ2n) is 4.39. The Morgan fingerprint density at radius 2 is 1.75 bits per heavy atom. The highest BCUT2D eigenvalue weighted by molar-refractivity contribution is 5.97. The van der Waals surface area contributed by atoms with Gasteiger partial charge in [0.15, 0.2) is 5.78 Å². The number of nitrogens with zero attached hydrogens (tertiary/aromatic N) is 1. The summed E-state index contributed by atoms with van der Waals surface area (Å²) in [6, 6.07) is 9.04. The van der Waals surface area contributed by atoms with Crippen LogP contribution in [0.4, 0.5) is 0 Å². The van der Waals surface area contributed by atoms with Crippen LogP contribution in [0.3, 0.4) is 0 Å². The summed E-state index contributed by atoms with van der Waals surface area (Å²) in [5, 5.41) is 8.68. The average Bonchev–Trinajstić information content (AvgIpc) is 2.39. The molecular weight excluding hydrogens is 198 g/mol. The lowest BCUT2D eigenvalue weighted by atomic mass is 9.84. The van der Waals surface area contributed by atoms with Crippen LogP contribution in [0.2, 0.25) is 0 Å². The summed E-state index contributed by atoms with van der Waals surface area (Å²) in [5.74, 6) is 0.464. The van der Waals surface area contributed by atoms with E-state index in [4.69, 9.17) is 5.26 Å². The summed E-state index contributed by atoms with van der Waals surface area (Å²) in [5.41, 5.74) is 1.37. The number of Topliss-reactive ketones (excluding diaryl/α,β-unsaturated/α-hetero) is 1. The van der Waals surface area contributed by atoms with Crippen molar-refractivity contribution in [3.63, 3.8) is 0 Å². The molecule has 0 unspecified atom stereocenters. The topological polar surface area (TPSA) is 40.9 Å². The van der Waals surface area contributed by atoms with Gasteiger partial charge in [-0.2, -0.15) is 5.26 Å². The van der Waals surface area contributed by atoms with Crippen LogP contribution in [-0.2, 0) is 0 Å². The molecule has 1 fully saturated rings. The molecule has 0 heterocycles. The standard InChI is InChI=1S/C14H15NO/c15-10-11-6-8-13(9-7-11)14(16)12-4-2-1-3-5-12/h6-9,12H,1-5H2. The molecule has 0 bridgehead atoms. The van der Waals surface area contributed by atoms with Crippen molar-refractivity contribution in [2.75, 3.05) is 0 Å². The number of hydrogen-bond acceptors (Lipinski definition) is 2. The first-order valence-corrected chi connectivity index (χ1v) is 5.85. The number of rotatable bonds is 2. The quantitative estimate of drug-likeness (QED) is 0.707. The van der Waals surface area contributed by atoms with E-state index in [1.165, 1.54) is 19.3 Å². The van der Waals surface area contributed by atoms with Gasteiger partial charge in [0, 0.05) is 11.5 Å². The molecule has 0 aromatic heterocycles. The van der Waals surface area contributed by atoms with Crippen molar-refractivity contribution in [2.24, 2.45) is 5.92 Å². The van der Waals surface area contributed by atoms with Crippen LogP contribution >= 0.6 is 0 Å². The Labute approximate surface area is 95.9 Å². The Hall–Kier alpha value is -1.62. The molecule has 0 spiro atoms. The van der Waals surface area contributed by atoms with Crippen molar-refractivity contribution in [1.29, 1.82) is 5.26 Å². The van der Waals surface area contributed by atoms with Gasteiger partial charge in [-0.1, -0.05) is 31.4 Å². The zero-order valence-corrected chi connectivity index (χ0v) is 9.28. The molecule has 0 radical (unpaired) electrons. The number of hydrogen-bond donors (Lipinski definition) is 0. The second kappa shape index (κ2) is 4.94. The van der Waals surface area contributed by atoms with Crippen molar-refractivity contribution in [3.8, 4) is 6.07 Å². The molecule has 1 aliphatic rings. The average molecular weight is 213 g/mol. The Morgan fingerprint density at radius 3 is 2.31 bits per heavy atom. The summed E-state index contributed by atoms with van der Waals surface area (Å²) < 4.78 is 0. The van der Waals surface area contributed by atoms with Crippen LogP contribution in [0.5, 0.6) is 0 Å². The highest BCUT2D eigenvalue weighted by Gasteiger charge is 2.21. The molecular formula is C14H15NO. The molecule has 1 saturated carbocycles. The molecule has 0 aliphatic heterocycles. The van der Waals surface area contributed by atoms with E-state index in [2.05, 4.69) is 6.07 Å². The maximum absolute atomic E-state index is 12.1. The van der Waals surface area contributed by atoms with Crippen molar-refractivity contribution in [1.82, 2.24) is 0 Å². The van der Waals surface area contributed by atoms with Crippen molar-refractivity contribution >= 4 is 5.78 Å². The largest absolute Gasteiger partial charge is 0.294 e. The van der Waals surface area contributed by atoms with Gasteiger partial charge in [-0.15, -0.1) is 0 Å². The molecule has 0 N–H and O–H groups in total. The Kier molecular flexibility index (Phi) is 3.36. The zero-order valence-electron chi connectivity index (χ0n) is 9.28. The predicted octanol–water partition coefficient (Wildman–Crippen LogP) is 3.32. The molecule has 2 rings (SSSR count). The fourth-order valence-electron chi connectivity index (χ4n) is 2.31. The van der Waals surface area contributed by atoms with Crippen LogP contribution in [0.1, 0.15) is 48.0 Å². The summed E-state index contributed by atoms with van der Waals surface area (Å²) in [6.45, 7) is 0. The molecule has 1 aliphatic carbocycles. The first kappa shape index (κ1) is 10.9. The third-order valence-electron chi connectivity index (χ3n) is 3.27. The van der Waals surface area contributed by atoms with Gasteiger partial charge in [-0.25, -0.2) is 0 Å². The van der Waals surface area contributed by atoms with E-state index in [-0.39, 0.29) is 11.7 Å². The number of nitriles is 1. The van der Waals surface area contributed by atoms with E-state index in [0.29, 0.717) is 5.56 Å². The van der Waals surface area contributed by atoms with Crippen LogP contribution in [0.25, 0.3) is 0 Å². The molecule has 0 saturated heterocycles. The fraction of sp³-hybridized carbons (Fsp3) is 0.429. The molecule has 82 valence electrons. The molecule has 0 amide bonds. The molecule has 2 nitrogen and oxygen atoms in total. The normalized spacial score (nSPS) is 16.7. The lowest BCUT2D eigenvalue weighted by Gasteiger charge is -2.20. The third kappa shape index (κ3) is 2.30.